The number of nitrogens with one attached hydrogen (secondary N) is 1. The van der Waals surface area contributed by atoms with Gasteiger partial charge in [-0.1, -0.05) is 23.4 Å². The normalized spacial score (nSPS) is 10.4. The molecule has 0 bridgehead atoms. The summed E-state index contributed by atoms with van der Waals surface area (Å²) in [4.78, 5) is 11.3. The van der Waals surface area contributed by atoms with Crippen LogP contribution in [0.25, 0.3) is 0 Å². The van der Waals surface area contributed by atoms with Gasteiger partial charge in [0, 0.05) is 23.6 Å². The quantitative estimate of drug-likeness (QED) is 0.667. The Morgan fingerprint density at radius 2 is 2.10 bits per heavy atom. The van der Waals surface area contributed by atoms with Gasteiger partial charge in [0.05, 0.1) is 0 Å². The van der Waals surface area contributed by atoms with Crippen molar-refractivity contribution in [3.63, 3.8) is 0 Å². The highest BCUT2D eigenvalue weighted by molar-refractivity contribution is 6.30. The van der Waals surface area contributed by atoms with Gasteiger partial charge in [-0.2, -0.15) is 0 Å². The number of benzene rings is 1. The molecule has 1 amide bonds. The monoisotopic (exact) mass is 297 g/mol. The molecule has 5 heteroatoms. The number of hydrogen-bond donors (Lipinski definition) is 1. The number of amides is 1. The van der Waals surface area contributed by atoms with Crippen molar-refractivity contribution in [1.29, 1.82) is 0 Å². The first kappa shape index (κ1) is 16.3. The third kappa shape index (κ3) is 7.01. The third-order valence-electron chi connectivity index (χ3n) is 2.01. The predicted molar refractivity (Wildman–Crippen MR) is 77.1 cm³/mol. The summed E-state index contributed by atoms with van der Waals surface area (Å²) in [6.07, 6.45) is -0.0407. The number of halogens is 2. The van der Waals surface area contributed by atoms with Gasteiger partial charge in [-0.3, -0.25) is 0 Å². The first-order chi connectivity index (χ1) is 9.26. The average Bonchev–Trinajstić information content (AvgIpc) is 2.24. The van der Waals surface area contributed by atoms with Crippen molar-refractivity contribution in [2.45, 2.75) is 32.8 Å². The maximum atomic E-state index is 13.0. The molecule has 108 valence electrons. The molecule has 1 aromatic rings. The van der Waals surface area contributed by atoms with Crippen molar-refractivity contribution in [2.75, 3.05) is 6.54 Å². The third-order valence-corrected chi connectivity index (χ3v) is 2.23. The molecule has 1 rings (SSSR count). The summed E-state index contributed by atoms with van der Waals surface area (Å²) < 4.78 is 18.1. The van der Waals surface area contributed by atoms with E-state index in [0.717, 1.165) is 0 Å². The van der Waals surface area contributed by atoms with E-state index >= 15 is 0 Å². The highest BCUT2D eigenvalue weighted by Crippen LogP contribution is 2.13. The van der Waals surface area contributed by atoms with E-state index in [1.807, 2.05) is 0 Å². The molecular weight excluding hydrogens is 281 g/mol. The fourth-order valence-corrected chi connectivity index (χ4v) is 1.55. The molecule has 1 N–H and O–H groups in total. The van der Waals surface area contributed by atoms with E-state index in [1.165, 1.54) is 12.1 Å². The lowest BCUT2D eigenvalue weighted by Gasteiger charge is -2.19. The lowest BCUT2D eigenvalue weighted by atomic mass is 10.2. The topological polar surface area (TPSA) is 38.3 Å². The molecule has 0 heterocycles. The highest BCUT2D eigenvalue weighted by atomic mass is 35.5. The first-order valence-corrected chi connectivity index (χ1v) is 6.56. The van der Waals surface area contributed by atoms with Gasteiger partial charge < -0.3 is 10.1 Å². The van der Waals surface area contributed by atoms with Crippen molar-refractivity contribution >= 4 is 17.7 Å². The predicted octanol–water partition coefficient (Wildman–Crippen LogP) is 3.75. The summed E-state index contributed by atoms with van der Waals surface area (Å²) in [7, 11) is 0. The summed E-state index contributed by atoms with van der Waals surface area (Å²) in [6, 6.07) is 4.11. The SMILES string of the molecule is CC(C)(C)OC(=O)NCCC#Cc1cc(F)cc(Cl)c1. The van der Waals surface area contributed by atoms with Crippen LogP contribution in [0.5, 0.6) is 0 Å². The molecule has 0 spiro atoms. The summed E-state index contributed by atoms with van der Waals surface area (Å²) in [6.45, 7) is 5.74. The van der Waals surface area contributed by atoms with Crippen LogP contribution in [-0.4, -0.2) is 18.2 Å². The van der Waals surface area contributed by atoms with Crippen LogP contribution in [0.3, 0.4) is 0 Å². The van der Waals surface area contributed by atoms with Gasteiger partial charge >= 0.3 is 6.09 Å². The molecule has 20 heavy (non-hydrogen) atoms. The number of carbonyl (C=O) groups is 1. The highest BCUT2D eigenvalue weighted by Gasteiger charge is 2.15. The van der Waals surface area contributed by atoms with Gasteiger partial charge in [-0.25, -0.2) is 9.18 Å². The van der Waals surface area contributed by atoms with Crippen LogP contribution >= 0.6 is 11.6 Å². The molecule has 0 radical (unpaired) electrons. The summed E-state index contributed by atoms with van der Waals surface area (Å²) in [5.41, 5.74) is -0.0130. The fraction of sp³-hybridized carbons (Fsp3) is 0.400. The van der Waals surface area contributed by atoms with Crippen molar-refractivity contribution in [2.24, 2.45) is 0 Å². The van der Waals surface area contributed by atoms with Gasteiger partial charge in [-0.15, -0.1) is 0 Å². The molecular formula is C15H17ClFNO2. The van der Waals surface area contributed by atoms with E-state index in [1.54, 1.807) is 26.8 Å². The van der Waals surface area contributed by atoms with Crippen LogP contribution in [0.15, 0.2) is 18.2 Å². The van der Waals surface area contributed by atoms with Crippen molar-refractivity contribution in [1.82, 2.24) is 5.32 Å². The molecule has 0 aliphatic carbocycles. The van der Waals surface area contributed by atoms with Gasteiger partial charge in [0.2, 0.25) is 0 Å². The molecule has 0 atom stereocenters. The Morgan fingerprint density at radius 3 is 2.70 bits per heavy atom. The Morgan fingerprint density at radius 1 is 1.40 bits per heavy atom. The van der Waals surface area contributed by atoms with E-state index in [4.69, 9.17) is 16.3 Å². The molecule has 0 unspecified atom stereocenters. The van der Waals surface area contributed by atoms with Crippen LogP contribution in [0.2, 0.25) is 5.02 Å². The molecule has 0 saturated carbocycles. The standard InChI is InChI=1S/C15H17ClFNO2/c1-15(2,3)20-14(19)18-7-5-4-6-11-8-12(16)10-13(17)9-11/h8-10H,5,7H2,1-3H3,(H,18,19). The minimum absolute atomic E-state index is 0.307. The average molecular weight is 298 g/mol. The first-order valence-electron chi connectivity index (χ1n) is 6.18. The molecule has 0 fully saturated rings. The van der Waals surface area contributed by atoms with E-state index in [0.29, 0.717) is 23.6 Å². The summed E-state index contributed by atoms with van der Waals surface area (Å²) in [5, 5.41) is 2.89. The summed E-state index contributed by atoms with van der Waals surface area (Å²) in [5.74, 6) is 5.19. The van der Waals surface area contributed by atoms with E-state index in [-0.39, 0.29) is 0 Å². The zero-order valence-electron chi connectivity index (χ0n) is 11.7. The van der Waals surface area contributed by atoms with Crippen molar-refractivity contribution < 1.29 is 13.9 Å². The lowest BCUT2D eigenvalue weighted by molar-refractivity contribution is 0.0529. The van der Waals surface area contributed by atoms with Crippen LogP contribution < -0.4 is 5.32 Å². The zero-order valence-corrected chi connectivity index (χ0v) is 12.5. The second-order valence-corrected chi connectivity index (χ2v) is 5.58. The lowest BCUT2D eigenvalue weighted by Crippen LogP contribution is -2.32. The number of ether oxygens (including phenoxy) is 1. The molecule has 0 aromatic heterocycles. The Hall–Kier alpha value is -1.73. The van der Waals surface area contributed by atoms with Crippen LogP contribution in [-0.2, 0) is 4.74 Å². The fourth-order valence-electron chi connectivity index (χ4n) is 1.33. The van der Waals surface area contributed by atoms with E-state index in [9.17, 15) is 9.18 Å². The molecule has 0 saturated heterocycles. The number of hydrogen-bond acceptors (Lipinski definition) is 2. The smallest absolute Gasteiger partial charge is 0.407 e. The second-order valence-electron chi connectivity index (χ2n) is 5.14. The second kappa shape index (κ2) is 7.16. The van der Waals surface area contributed by atoms with Crippen LogP contribution in [0.4, 0.5) is 9.18 Å². The van der Waals surface area contributed by atoms with Crippen molar-refractivity contribution in [3.8, 4) is 11.8 Å². The van der Waals surface area contributed by atoms with E-state index in [2.05, 4.69) is 17.2 Å². The number of carbonyl (C=O) groups excluding carboxylic acids is 1. The molecule has 0 aliphatic rings. The van der Waals surface area contributed by atoms with Crippen LogP contribution in [0, 0.1) is 17.7 Å². The molecule has 0 aliphatic heterocycles. The maximum Gasteiger partial charge on any atom is 0.407 e. The Labute approximate surface area is 123 Å². The Kier molecular flexibility index (Phi) is 5.84. The largest absolute Gasteiger partial charge is 0.444 e. The number of alkyl carbamates (subject to hydrolysis) is 1. The Balaban J connectivity index is 2.38. The van der Waals surface area contributed by atoms with Gasteiger partial charge in [0.25, 0.3) is 0 Å². The number of rotatable bonds is 2. The molecule has 3 nitrogen and oxygen atoms in total. The maximum absolute atomic E-state index is 13.0. The van der Waals surface area contributed by atoms with Gasteiger partial charge in [0.15, 0.2) is 0 Å². The van der Waals surface area contributed by atoms with Crippen molar-refractivity contribution in [3.05, 3.63) is 34.6 Å². The minimum atomic E-state index is -0.520. The zero-order chi connectivity index (χ0) is 15.2. The Bertz CT molecular complexity index is 521. The van der Waals surface area contributed by atoms with E-state index < -0.39 is 17.5 Å². The van der Waals surface area contributed by atoms with Gasteiger partial charge in [-0.05, 0) is 39.0 Å². The molecule has 1 aromatic carbocycles. The van der Waals surface area contributed by atoms with Crippen LogP contribution in [0.1, 0.15) is 32.8 Å². The minimum Gasteiger partial charge on any atom is -0.444 e. The van der Waals surface area contributed by atoms with Gasteiger partial charge in [0.1, 0.15) is 11.4 Å². The summed E-state index contributed by atoms with van der Waals surface area (Å²) >= 11 is 5.71.